The van der Waals surface area contributed by atoms with E-state index < -0.39 is 6.61 Å². The highest BCUT2D eigenvalue weighted by atomic mass is 79.9. The lowest BCUT2D eigenvalue weighted by molar-refractivity contribution is -0.0505. The monoisotopic (exact) mass is 347 g/mol. The maximum atomic E-state index is 12.4. The zero-order valence-corrected chi connectivity index (χ0v) is 13.2. The van der Waals surface area contributed by atoms with Crippen molar-refractivity contribution >= 4 is 15.9 Å². The Morgan fingerprint density at radius 3 is 2.75 bits per heavy atom. The minimum atomic E-state index is -2.79. The zero-order valence-electron chi connectivity index (χ0n) is 11.6. The number of rotatable bonds is 8. The first-order valence-corrected chi connectivity index (χ1v) is 7.78. The molecule has 1 aliphatic rings. The highest BCUT2D eigenvalue weighted by Crippen LogP contribution is 2.49. The lowest BCUT2D eigenvalue weighted by atomic mass is 10.0. The van der Waals surface area contributed by atoms with Crippen molar-refractivity contribution in [2.75, 3.05) is 6.54 Å². The molecule has 0 aliphatic heterocycles. The molecule has 1 aromatic rings. The maximum Gasteiger partial charge on any atom is 0.387 e. The normalized spacial score (nSPS) is 16.4. The molecule has 5 heteroatoms. The molecule has 0 aromatic heterocycles. The largest absolute Gasteiger partial charge is 0.434 e. The second kappa shape index (κ2) is 6.85. The third-order valence-electron chi connectivity index (χ3n) is 3.79. The summed E-state index contributed by atoms with van der Waals surface area (Å²) in [6, 6.07) is 5.11. The predicted molar refractivity (Wildman–Crippen MR) is 79.1 cm³/mol. The first-order chi connectivity index (χ1) is 9.54. The van der Waals surface area contributed by atoms with Crippen molar-refractivity contribution < 1.29 is 13.5 Å². The second-order valence-electron chi connectivity index (χ2n) is 5.48. The average Bonchev–Trinajstić information content (AvgIpc) is 3.12. The summed E-state index contributed by atoms with van der Waals surface area (Å²) in [7, 11) is 0. The van der Waals surface area contributed by atoms with Crippen molar-refractivity contribution in [2.24, 2.45) is 5.41 Å². The van der Waals surface area contributed by atoms with Crippen LogP contribution in [0.3, 0.4) is 0 Å². The zero-order chi connectivity index (χ0) is 14.6. The van der Waals surface area contributed by atoms with E-state index in [0.717, 1.165) is 16.6 Å². The smallest absolute Gasteiger partial charge is 0.387 e. The second-order valence-corrected chi connectivity index (χ2v) is 6.40. The van der Waals surface area contributed by atoms with Crippen molar-refractivity contribution in [1.82, 2.24) is 5.32 Å². The van der Waals surface area contributed by atoms with Crippen molar-refractivity contribution in [3.63, 3.8) is 0 Å². The fourth-order valence-electron chi connectivity index (χ4n) is 2.58. The SMILES string of the molecule is CCCC1(CNCc2cc(Br)ccc2OC(F)F)CC1. The molecule has 0 atom stereocenters. The van der Waals surface area contributed by atoms with Gasteiger partial charge < -0.3 is 10.1 Å². The first kappa shape index (κ1) is 15.7. The Labute approximate surface area is 127 Å². The summed E-state index contributed by atoms with van der Waals surface area (Å²) in [5.74, 6) is 0.246. The van der Waals surface area contributed by atoms with Crippen LogP contribution in [0.5, 0.6) is 5.75 Å². The minimum Gasteiger partial charge on any atom is -0.434 e. The lowest BCUT2D eigenvalue weighted by Crippen LogP contribution is -2.24. The first-order valence-electron chi connectivity index (χ1n) is 6.99. The molecule has 0 heterocycles. The number of nitrogens with one attached hydrogen (secondary N) is 1. The molecule has 0 amide bonds. The third kappa shape index (κ3) is 4.42. The van der Waals surface area contributed by atoms with E-state index >= 15 is 0 Å². The summed E-state index contributed by atoms with van der Waals surface area (Å²) in [5, 5.41) is 3.38. The highest BCUT2D eigenvalue weighted by Gasteiger charge is 2.40. The summed E-state index contributed by atoms with van der Waals surface area (Å²) in [6.45, 7) is 0.905. The standard InChI is InChI=1S/C15H20BrF2NO/c1-2-5-15(6-7-15)10-19-9-11-8-12(16)3-4-13(11)20-14(17)18/h3-4,8,14,19H,2,5-7,9-10H2,1H3. The van der Waals surface area contributed by atoms with E-state index in [1.807, 2.05) is 6.07 Å². The number of benzene rings is 1. The number of hydrogen-bond donors (Lipinski definition) is 1. The number of halogens is 3. The van der Waals surface area contributed by atoms with Gasteiger partial charge in [-0.15, -0.1) is 0 Å². The van der Waals surface area contributed by atoms with Gasteiger partial charge in [0.05, 0.1) is 0 Å². The van der Waals surface area contributed by atoms with Crippen LogP contribution in [0.2, 0.25) is 0 Å². The van der Waals surface area contributed by atoms with E-state index in [0.29, 0.717) is 12.0 Å². The number of ether oxygens (including phenoxy) is 1. The van der Waals surface area contributed by atoms with E-state index in [1.54, 1.807) is 12.1 Å². The van der Waals surface area contributed by atoms with E-state index in [1.165, 1.54) is 25.7 Å². The molecule has 0 spiro atoms. The number of alkyl halides is 2. The molecule has 1 saturated carbocycles. The van der Waals surface area contributed by atoms with Gasteiger partial charge >= 0.3 is 6.61 Å². The van der Waals surface area contributed by atoms with Crippen molar-refractivity contribution in [3.8, 4) is 5.75 Å². The highest BCUT2D eigenvalue weighted by molar-refractivity contribution is 9.10. The fraction of sp³-hybridized carbons (Fsp3) is 0.600. The Morgan fingerprint density at radius 1 is 1.40 bits per heavy atom. The third-order valence-corrected chi connectivity index (χ3v) is 4.28. The number of hydrogen-bond acceptors (Lipinski definition) is 2. The Hall–Kier alpha value is -0.680. The van der Waals surface area contributed by atoms with Gasteiger partial charge in [-0.3, -0.25) is 0 Å². The van der Waals surface area contributed by atoms with Gasteiger partial charge in [0.25, 0.3) is 0 Å². The molecule has 1 N–H and O–H groups in total. The molecule has 0 bridgehead atoms. The lowest BCUT2D eigenvalue weighted by Gasteiger charge is -2.16. The fourth-order valence-corrected chi connectivity index (χ4v) is 2.99. The Kier molecular flexibility index (Phi) is 5.38. The quantitative estimate of drug-likeness (QED) is 0.734. The van der Waals surface area contributed by atoms with Crippen LogP contribution in [0.4, 0.5) is 8.78 Å². The molecule has 0 saturated heterocycles. The molecule has 2 rings (SSSR count). The molecule has 1 fully saturated rings. The van der Waals surface area contributed by atoms with Crippen LogP contribution in [-0.4, -0.2) is 13.2 Å². The van der Waals surface area contributed by atoms with Crippen molar-refractivity contribution in [3.05, 3.63) is 28.2 Å². The molecule has 20 heavy (non-hydrogen) atoms. The van der Waals surface area contributed by atoms with Crippen LogP contribution in [0.15, 0.2) is 22.7 Å². The molecule has 1 aromatic carbocycles. The molecule has 112 valence electrons. The van der Waals surface area contributed by atoms with E-state index in [9.17, 15) is 8.78 Å². The summed E-state index contributed by atoms with van der Waals surface area (Å²) < 4.78 is 30.2. The molecule has 2 nitrogen and oxygen atoms in total. The van der Waals surface area contributed by atoms with E-state index in [4.69, 9.17) is 0 Å². The summed E-state index contributed by atoms with van der Waals surface area (Å²) >= 11 is 3.36. The maximum absolute atomic E-state index is 12.4. The molecule has 1 aliphatic carbocycles. The van der Waals surface area contributed by atoms with Gasteiger partial charge in [0.2, 0.25) is 0 Å². The molecular weight excluding hydrogens is 328 g/mol. The van der Waals surface area contributed by atoms with Gasteiger partial charge in [0.15, 0.2) is 0 Å². The molecule has 0 radical (unpaired) electrons. The van der Waals surface area contributed by atoms with Crippen LogP contribution < -0.4 is 10.1 Å². The van der Waals surface area contributed by atoms with Crippen molar-refractivity contribution in [1.29, 1.82) is 0 Å². The Balaban J connectivity index is 1.92. The predicted octanol–water partition coefficient (Wildman–Crippen LogP) is 4.72. The minimum absolute atomic E-state index is 0.246. The summed E-state index contributed by atoms with van der Waals surface area (Å²) in [5.41, 5.74) is 1.21. The van der Waals surface area contributed by atoms with Gasteiger partial charge in [0, 0.05) is 23.1 Å². The summed E-state index contributed by atoms with van der Waals surface area (Å²) in [4.78, 5) is 0. The Bertz CT molecular complexity index is 449. The van der Waals surface area contributed by atoms with Gasteiger partial charge in [-0.05, 0) is 42.9 Å². The van der Waals surface area contributed by atoms with Crippen LogP contribution in [0, 0.1) is 5.41 Å². The van der Waals surface area contributed by atoms with Crippen LogP contribution in [0.1, 0.15) is 38.2 Å². The van der Waals surface area contributed by atoms with Crippen LogP contribution in [0.25, 0.3) is 0 Å². The Morgan fingerprint density at radius 2 is 2.15 bits per heavy atom. The van der Waals surface area contributed by atoms with E-state index in [-0.39, 0.29) is 5.75 Å². The molecule has 0 unspecified atom stereocenters. The van der Waals surface area contributed by atoms with E-state index in [2.05, 4.69) is 32.9 Å². The van der Waals surface area contributed by atoms with Crippen LogP contribution >= 0.6 is 15.9 Å². The van der Waals surface area contributed by atoms with Gasteiger partial charge in [-0.1, -0.05) is 29.3 Å². The molecular formula is C15H20BrF2NO. The topological polar surface area (TPSA) is 21.3 Å². The van der Waals surface area contributed by atoms with Gasteiger partial charge in [-0.2, -0.15) is 8.78 Å². The summed E-state index contributed by atoms with van der Waals surface area (Å²) in [6.07, 6.45) is 4.97. The van der Waals surface area contributed by atoms with Crippen LogP contribution in [-0.2, 0) is 6.54 Å². The van der Waals surface area contributed by atoms with Gasteiger partial charge in [-0.25, -0.2) is 0 Å². The van der Waals surface area contributed by atoms with Gasteiger partial charge in [0.1, 0.15) is 5.75 Å². The van der Waals surface area contributed by atoms with Crippen molar-refractivity contribution in [2.45, 2.75) is 45.8 Å². The average molecular weight is 348 g/mol.